The van der Waals surface area contributed by atoms with E-state index in [1.807, 2.05) is 13.0 Å². The maximum Gasteiger partial charge on any atom is 0.242 e. The molecule has 1 aromatic rings. The lowest BCUT2D eigenvalue weighted by Gasteiger charge is -2.18. The minimum Gasteiger partial charge on any atom is -0.313 e. The van der Waals surface area contributed by atoms with Crippen LogP contribution in [-0.2, 0) is 16.6 Å². The van der Waals surface area contributed by atoms with Crippen LogP contribution < -0.4 is 5.32 Å². The Morgan fingerprint density at radius 1 is 1.30 bits per heavy atom. The highest BCUT2D eigenvalue weighted by Gasteiger charge is 2.20. The molecule has 0 heterocycles. The molecule has 0 amide bonds. The Morgan fingerprint density at radius 2 is 2.00 bits per heavy atom. The second-order valence-electron chi connectivity index (χ2n) is 5.44. The third-order valence-electron chi connectivity index (χ3n) is 3.21. The molecule has 0 aliphatic rings. The normalized spacial score (nSPS) is 12.3. The van der Waals surface area contributed by atoms with Crippen LogP contribution in [0.25, 0.3) is 0 Å². The molecule has 1 N–H and O–H groups in total. The third kappa shape index (κ3) is 4.89. The molecule has 1 rings (SSSR count). The number of benzene rings is 1. The van der Waals surface area contributed by atoms with Crippen LogP contribution in [-0.4, -0.2) is 32.9 Å². The van der Waals surface area contributed by atoms with E-state index in [9.17, 15) is 8.42 Å². The van der Waals surface area contributed by atoms with Gasteiger partial charge >= 0.3 is 0 Å². The zero-order valence-corrected chi connectivity index (χ0v) is 13.7. The van der Waals surface area contributed by atoms with Crippen molar-refractivity contribution in [3.05, 3.63) is 29.8 Å². The number of rotatable bonds is 8. The Hall–Kier alpha value is -0.910. The SMILES string of the molecule is CCNCc1cccc(S(=O)(=O)N(C)CCC(C)C)c1. The molecular formula is C15H26N2O2S. The first-order valence-electron chi connectivity index (χ1n) is 7.14. The van der Waals surface area contributed by atoms with Gasteiger partial charge in [0.05, 0.1) is 4.90 Å². The van der Waals surface area contributed by atoms with Crippen LogP contribution in [0.4, 0.5) is 0 Å². The largest absolute Gasteiger partial charge is 0.313 e. The van der Waals surface area contributed by atoms with E-state index in [2.05, 4.69) is 19.2 Å². The molecule has 4 nitrogen and oxygen atoms in total. The first kappa shape index (κ1) is 17.1. The van der Waals surface area contributed by atoms with E-state index < -0.39 is 10.0 Å². The summed E-state index contributed by atoms with van der Waals surface area (Å²) >= 11 is 0. The molecule has 1 aromatic carbocycles. The van der Waals surface area contributed by atoms with E-state index in [-0.39, 0.29) is 0 Å². The second kappa shape index (κ2) is 7.76. The Balaban J connectivity index is 2.85. The van der Waals surface area contributed by atoms with E-state index in [1.165, 1.54) is 4.31 Å². The predicted octanol–water partition coefficient (Wildman–Crippen LogP) is 2.46. The molecule has 0 spiro atoms. The van der Waals surface area contributed by atoms with Crippen molar-refractivity contribution < 1.29 is 8.42 Å². The lowest BCUT2D eigenvalue weighted by Crippen LogP contribution is -2.28. The van der Waals surface area contributed by atoms with Gasteiger partial charge in [-0.25, -0.2) is 12.7 Å². The van der Waals surface area contributed by atoms with Crippen LogP contribution in [0.2, 0.25) is 0 Å². The predicted molar refractivity (Wildman–Crippen MR) is 83.1 cm³/mol. The molecule has 0 aliphatic carbocycles. The summed E-state index contributed by atoms with van der Waals surface area (Å²) in [6.07, 6.45) is 0.868. The molecule has 114 valence electrons. The van der Waals surface area contributed by atoms with Gasteiger partial charge in [0.1, 0.15) is 0 Å². The number of hydrogen-bond acceptors (Lipinski definition) is 3. The summed E-state index contributed by atoms with van der Waals surface area (Å²) in [6.45, 7) is 8.33. The van der Waals surface area contributed by atoms with Crippen molar-refractivity contribution in [2.45, 2.75) is 38.6 Å². The molecule has 0 fully saturated rings. The van der Waals surface area contributed by atoms with Gasteiger partial charge in [0, 0.05) is 20.1 Å². The smallest absolute Gasteiger partial charge is 0.242 e. The van der Waals surface area contributed by atoms with Gasteiger partial charge in [-0.3, -0.25) is 0 Å². The topological polar surface area (TPSA) is 49.4 Å². The van der Waals surface area contributed by atoms with E-state index >= 15 is 0 Å². The second-order valence-corrected chi connectivity index (χ2v) is 7.48. The molecule has 0 aliphatic heterocycles. The van der Waals surface area contributed by atoms with Gasteiger partial charge in [0.25, 0.3) is 0 Å². The Kier molecular flexibility index (Phi) is 6.65. The van der Waals surface area contributed by atoms with E-state index in [0.717, 1.165) is 18.5 Å². The number of nitrogens with one attached hydrogen (secondary N) is 1. The maximum atomic E-state index is 12.5. The lowest BCUT2D eigenvalue weighted by atomic mass is 10.1. The zero-order valence-electron chi connectivity index (χ0n) is 12.9. The molecule has 0 atom stereocenters. The van der Waals surface area contributed by atoms with Crippen molar-refractivity contribution in [3.63, 3.8) is 0 Å². The van der Waals surface area contributed by atoms with Gasteiger partial charge in [-0.05, 0) is 36.6 Å². The average Bonchev–Trinajstić information content (AvgIpc) is 2.42. The highest BCUT2D eigenvalue weighted by molar-refractivity contribution is 7.89. The highest BCUT2D eigenvalue weighted by atomic mass is 32.2. The average molecular weight is 298 g/mol. The van der Waals surface area contributed by atoms with Gasteiger partial charge < -0.3 is 5.32 Å². The van der Waals surface area contributed by atoms with Gasteiger partial charge in [-0.15, -0.1) is 0 Å². The molecule has 0 saturated carbocycles. The van der Waals surface area contributed by atoms with Crippen LogP contribution >= 0.6 is 0 Å². The lowest BCUT2D eigenvalue weighted by molar-refractivity contribution is 0.428. The highest BCUT2D eigenvalue weighted by Crippen LogP contribution is 2.17. The number of nitrogens with zero attached hydrogens (tertiary/aromatic N) is 1. The molecule has 0 aromatic heterocycles. The quantitative estimate of drug-likeness (QED) is 0.802. The fraction of sp³-hybridized carbons (Fsp3) is 0.600. The van der Waals surface area contributed by atoms with Gasteiger partial charge in [-0.1, -0.05) is 32.9 Å². The first-order valence-corrected chi connectivity index (χ1v) is 8.58. The Morgan fingerprint density at radius 3 is 2.60 bits per heavy atom. The molecule has 0 bridgehead atoms. The van der Waals surface area contributed by atoms with E-state index in [1.54, 1.807) is 25.2 Å². The minimum absolute atomic E-state index is 0.374. The summed E-state index contributed by atoms with van der Waals surface area (Å²) in [5.74, 6) is 0.493. The number of hydrogen-bond donors (Lipinski definition) is 1. The van der Waals surface area contributed by atoms with Crippen LogP contribution in [0.1, 0.15) is 32.8 Å². The van der Waals surface area contributed by atoms with Gasteiger partial charge in [-0.2, -0.15) is 0 Å². The van der Waals surface area contributed by atoms with E-state index in [4.69, 9.17) is 0 Å². The Bertz CT molecular complexity index is 512. The van der Waals surface area contributed by atoms with Gasteiger partial charge in [0.2, 0.25) is 10.0 Å². The van der Waals surface area contributed by atoms with Crippen LogP contribution in [0, 0.1) is 5.92 Å². The summed E-state index contributed by atoms with van der Waals surface area (Å²) in [5, 5.41) is 3.20. The monoisotopic (exact) mass is 298 g/mol. The fourth-order valence-corrected chi connectivity index (χ4v) is 3.08. The summed E-state index contributed by atoms with van der Waals surface area (Å²) in [5.41, 5.74) is 0.991. The van der Waals surface area contributed by atoms with Crippen LogP contribution in [0.15, 0.2) is 29.2 Å². The molecule has 0 radical (unpaired) electrons. The van der Waals surface area contributed by atoms with Crippen molar-refractivity contribution in [2.24, 2.45) is 5.92 Å². The maximum absolute atomic E-state index is 12.5. The Labute approximate surface area is 123 Å². The van der Waals surface area contributed by atoms with Crippen molar-refractivity contribution in [2.75, 3.05) is 20.1 Å². The van der Waals surface area contributed by atoms with Gasteiger partial charge in [0.15, 0.2) is 0 Å². The number of sulfonamides is 1. The molecular weight excluding hydrogens is 272 g/mol. The van der Waals surface area contributed by atoms with Crippen LogP contribution in [0.3, 0.4) is 0 Å². The zero-order chi connectivity index (χ0) is 15.2. The summed E-state index contributed by atoms with van der Waals surface area (Å²) in [4.78, 5) is 0.374. The summed E-state index contributed by atoms with van der Waals surface area (Å²) in [6, 6.07) is 7.16. The van der Waals surface area contributed by atoms with Crippen molar-refractivity contribution in [3.8, 4) is 0 Å². The van der Waals surface area contributed by atoms with Crippen molar-refractivity contribution in [1.82, 2.24) is 9.62 Å². The molecule has 0 saturated heterocycles. The van der Waals surface area contributed by atoms with Crippen LogP contribution in [0.5, 0.6) is 0 Å². The third-order valence-corrected chi connectivity index (χ3v) is 5.06. The molecule has 20 heavy (non-hydrogen) atoms. The summed E-state index contributed by atoms with van der Waals surface area (Å²) < 4.78 is 26.4. The molecule has 5 heteroatoms. The van der Waals surface area contributed by atoms with E-state index in [0.29, 0.717) is 23.9 Å². The standard InChI is InChI=1S/C15H26N2O2S/c1-5-16-12-14-7-6-8-15(11-14)20(18,19)17(4)10-9-13(2)3/h6-8,11,13,16H,5,9-10,12H2,1-4H3. The first-order chi connectivity index (χ1) is 9.37. The summed E-state index contributed by atoms with van der Waals surface area (Å²) in [7, 11) is -1.73. The fourth-order valence-electron chi connectivity index (χ4n) is 1.83. The van der Waals surface area contributed by atoms with Crippen molar-refractivity contribution >= 4 is 10.0 Å². The molecule has 0 unspecified atom stereocenters. The minimum atomic E-state index is -3.38. The van der Waals surface area contributed by atoms with Crippen molar-refractivity contribution in [1.29, 1.82) is 0 Å².